The molecular formula is C20H28N2O2. The molecule has 1 heterocycles. The van der Waals surface area contributed by atoms with Gasteiger partial charge in [0.05, 0.1) is 0 Å². The Balaban J connectivity index is 1.37. The van der Waals surface area contributed by atoms with Gasteiger partial charge >= 0.3 is 0 Å². The van der Waals surface area contributed by atoms with E-state index in [0.717, 1.165) is 45.2 Å². The van der Waals surface area contributed by atoms with Gasteiger partial charge in [-0.3, -0.25) is 9.59 Å². The summed E-state index contributed by atoms with van der Waals surface area (Å²) in [5.74, 6) is 0.739. The number of amides is 2. The molecule has 4 heteroatoms. The van der Waals surface area contributed by atoms with E-state index in [9.17, 15) is 9.59 Å². The van der Waals surface area contributed by atoms with Crippen molar-refractivity contribution in [1.29, 1.82) is 0 Å². The first-order chi connectivity index (χ1) is 11.7. The van der Waals surface area contributed by atoms with Crippen molar-refractivity contribution in [3.8, 4) is 0 Å². The predicted molar refractivity (Wildman–Crippen MR) is 94.5 cm³/mol. The van der Waals surface area contributed by atoms with E-state index in [0.29, 0.717) is 12.3 Å². The van der Waals surface area contributed by atoms with Crippen molar-refractivity contribution >= 4 is 11.8 Å². The summed E-state index contributed by atoms with van der Waals surface area (Å²) in [7, 11) is 0. The molecule has 1 N–H and O–H groups in total. The van der Waals surface area contributed by atoms with Crippen molar-refractivity contribution in [3.63, 3.8) is 0 Å². The number of hydrogen-bond donors (Lipinski definition) is 1. The van der Waals surface area contributed by atoms with Crippen LogP contribution in [0.25, 0.3) is 0 Å². The molecule has 2 fully saturated rings. The van der Waals surface area contributed by atoms with Crippen LogP contribution in [0.4, 0.5) is 0 Å². The Morgan fingerprint density at radius 2 is 1.67 bits per heavy atom. The zero-order chi connectivity index (χ0) is 16.8. The van der Waals surface area contributed by atoms with Gasteiger partial charge in [-0.25, -0.2) is 0 Å². The van der Waals surface area contributed by atoms with E-state index < -0.39 is 0 Å². The van der Waals surface area contributed by atoms with Crippen LogP contribution in [0.1, 0.15) is 50.5 Å². The van der Waals surface area contributed by atoms with Crippen LogP contribution in [0, 0.1) is 5.92 Å². The molecule has 2 aliphatic rings. The van der Waals surface area contributed by atoms with E-state index in [-0.39, 0.29) is 17.9 Å². The SMILES string of the molecule is O=C(CCc1ccccc1)NC1CCN(C(=O)C2CCCC2)CC1. The van der Waals surface area contributed by atoms with Crippen LogP contribution in [0.15, 0.2) is 30.3 Å². The van der Waals surface area contributed by atoms with Gasteiger partial charge in [0, 0.05) is 31.5 Å². The van der Waals surface area contributed by atoms with E-state index in [1.54, 1.807) is 0 Å². The number of carbonyl (C=O) groups excluding carboxylic acids is 2. The van der Waals surface area contributed by atoms with Gasteiger partial charge in [-0.15, -0.1) is 0 Å². The minimum atomic E-state index is 0.124. The smallest absolute Gasteiger partial charge is 0.225 e. The van der Waals surface area contributed by atoms with Crippen molar-refractivity contribution in [2.24, 2.45) is 5.92 Å². The summed E-state index contributed by atoms with van der Waals surface area (Å²) in [6.07, 6.45) is 7.61. The zero-order valence-corrected chi connectivity index (χ0v) is 14.4. The summed E-state index contributed by atoms with van der Waals surface area (Å²) < 4.78 is 0. The summed E-state index contributed by atoms with van der Waals surface area (Å²) in [5, 5.41) is 3.14. The topological polar surface area (TPSA) is 49.4 Å². The van der Waals surface area contributed by atoms with E-state index in [2.05, 4.69) is 17.4 Å². The van der Waals surface area contributed by atoms with Gasteiger partial charge in [0.2, 0.25) is 11.8 Å². The van der Waals surface area contributed by atoms with Crippen LogP contribution in [0.3, 0.4) is 0 Å². The minimum Gasteiger partial charge on any atom is -0.353 e. The first-order valence-corrected chi connectivity index (χ1v) is 9.34. The molecule has 0 radical (unpaired) electrons. The number of hydrogen-bond acceptors (Lipinski definition) is 2. The van der Waals surface area contributed by atoms with Crippen LogP contribution in [-0.4, -0.2) is 35.8 Å². The van der Waals surface area contributed by atoms with E-state index in [4.69, 9.17) is 0 Å². The second-order valence-electron chi connectivity index (χ2n) is 7.13. The lowest BCUT2D eigenvalue weighted by molar-refractivity contribution is -0.136. The van der Waals surface area contributed by atoms with E-state index >= 15 is 0 Å². The Labute approximate surface area is 144 Å². The second kappa shape index (κ2) is 8.32. The first-order valence-electron chi connectivity index (χ1n) is 9.34. The highest BCUT2D eigenvalue weighted by Crippen LogP contribution is 2.27. The molecule has 3 rings (SSSR count). The van der Waals surface area contributed by atoms with Crippen molar-refractivity contribution in [1.82, 2.24) is 10.2 Å². The van der Waals surface area contributed by atoms with E-state index in [1.165, 1.54) is 18.4 Å². The van der Waals surface area contributed by atoms with Gasteiger partial charge in [0.25, 0.3) is 0 Å². The highest BCUT2D eigenvalue weighted by molar-refractivity contribution is 5.79. The minimum absolute atomic E-state index is 0.124. The van der Waals surface area contributed by atoms with Gasteiger partial charge in [-0.1, -0.05) is 43.2 Å². The second-order valence-corrected chi connectivity index (χ2v) is 7.13. The summed E-state index contributed by atoms with van der Waals surface area (Å²) in [6.45, 7) is 1.58. The molecule has 1 aromatic rings. The standard InChI is InChI=1S/C20H28N2O2/c23-19(11-10-16-6-2-1-3-7-16)21-18-12-14-22(15-13-18)20(24)17-8-4-5-9-17/h1-3,6-7,17-18H,4-5,8-15H2,(H,21,23). The van der Waals surface area contributed by atoms with Crippen molar-refractivity contribution in [2.75, 3.05) is 13.1 Å². The lowest BCUT2D eigenvalue weighted by Crippen LogP contribution is -2.47. The van der Waals surface area contributed by atoms with Crippen LogP contribution in [0.5, 0.6) is 0 Å². The van der Waals surface area contributed by atoms with Crippen LogP contribution < -0.4 is 5.32 Å². The van der Waals surface area contributed by atoms with Gasteiger partial charge in [-0.05, 0) is 37.7 Å². The summed E-state index contributed by atoms with van der Waals surface area (Å²) in [6, 6.07) is 10.3. The molecule has 4 nitrogen and oxygen atoms in total. The summed E-state index contributed by atoms with van der Waals surface area (Å²) in [4.78, 5) is 26.6. The average Bonchev–Trinajstić information content (AvgIpc) is 3.16. The molecule has 130 valence electrons. The quantitative estimate of drug-likeness (QED) is 0.903. The van der Waals surface area contributed by atoms with Crippen molar-refractivity contribution < 1.29 is 9.59 Å². The lowest BCUT2D eigenvalue weighted by Gasteiger charge is -2.34. The molecule has 24 heavy (non-hydrogen) atoms. The molecule has 1 saturated heterocycles. The lowest BCUT2D eigenvalue weighted by atomic mass is 10.0. The highest BCUT2D eigenvalue weighted by atomic mass is 16.2. The zero-order valence-electron chi connectivity index (χ0n) is 14.4. The highest BCUT2D eigenvalue weighted by Gasteiger charge is 2.30. The van der Waals surface area contributed by atoms with Crippen LogP contribution in [0.2, 0.25) is 0 Å². The number of piperidine rings is 1. The first kappa shape index (κ1) is 17.0. The third kappa shape index (κ3) is 4.59. The maximum absolute atomic E-state index is 12.4. The van der Waals surface area contributed by atoms with Gasteiger partial charge in [0.1, 0.15) is 0 Å². The number of rotatable bonds is 5. The maximum atomic E-state index is 12.4. The third-order valence-electron chi connectivity index (χ3n) is 5.36. The molecular weight excluding hydrogens is 300 g/mol. The molecule has 0 aromatic heterocycles. The number of likely N-dealkylation sites (tertiary alicyclic amines) is 1. The maximum Gasteiger partial charge on any atom is 0.225 e. The fourth-order valence-electron chi connectivity index (χ4n) is 3.88. The van der Waals surface area contributed by atoms with Crippen molar-refractivity contribution in [3.05, 3.63) is 35.9 Å². The number of nitrogens with zero attached hydrogens (tertiary/aromatic N) is 1. The normalized spacial score (nSPS) is 19.4. The molecule has 1 aliphatic heterocycles. The molecule has 0 spiro atoms. The summed E-state index contributed by atoms with van der Waals surface area (Å²) >= 11 is 0. The fourth-order valence-corrected chi connectivity index (χ4v) is 3.88. The Morgan fingerprint density at radius 3 is 2.33 bits per heavy atom. The van der Waals surface area contributed by atoms with Gasteiger partial charge < -0.3 is 10.2 Å². The van der Waals surface area contributed by atoms with Crippen LogP contribution in [-0.2, 0) is 16.0 Å². The average molecular weight is 328 g/mol. The molecule has 2 amide bonds. The van der Waals surface area contributed by atoms with Crippen LogP contribution >= 0.6 is 0 Å². The molecule has 0 unspecified atom stereocenters. The number of carbonyl (C=O) groups is 2. The van der Waals surface area contributed by atoms with Gasteiger partial charge in [-0.2, -0.15) is 0 Å². The number of benzene rings is 1. The Morgan fingerprint density at radius 1 is 1.00 bits per heavy atom. The Kier molecular flexibility index (Phi) is 5.89. The molecule has 0 atom stereocenters. The fraction of sp³-hybridized carbons (Fsp3) is 0.600. The Bertz CT molecular complexity index is 544. The largest absolute Gasteiger partial charge is 0.353 e. The molecule has 1 aromatic carbocycles. The Hall–Kier alpha value is -1.84. The summed E-state index contributed by atoms with van der Waals surface area (Å²) in [5.41, 5.74) is 1.20. The monoisotopic (exact) mass is 328 g/mol. The van der Waals surface area contributed by atoms with Gasteiger partial charge in [0.15, 0.2) is 0 Å². The molecule has 1 aliphatic carbocycles. The van der Waals surface area contributed by atoms with Crippen molar-refractivity contribution in [2.45, 2.75) is 57.4 Å². The van der Waals surface area contributed by atoms with E-state index in [1.807, 2.05) is 23.1 Å². The number of nitrogens with one attached hydrogen (secondary N) is 1. The predicted octanol–water partition coefficient (Wildman–Crippen LogP) is 2.92. The third-order valence-corrected chi connectivity index (χ3v) is 5.36. The number of aryl methyl sites for hydroxylation is 1. The molecule has 0 bridgehead atoms. The molecule has 1 saturated carbocycles.